The van der Waals surface area contributed by atoms with Gasteiger partial charge in [-0.25, -0.2) is 4.57 Å². The van der Waals surface area contributed by atoms with Gasteiger partial charge >= 0.3 is 7.82 Å². The average molecular weight is 771 g/mol. The minimum absolute atomic E-state index is 0.0759. The van der Waals surface area contributed by atoms with Gasteiger partial charge in [0.25, 0.3) is 0 Å². The third kappa shape index (κ3) is 39.0. The highest BCUT2D eigenvalue weighted by Crippen LogP contribution is 2.43. The van der Waals surface area contributed by atoms with E-state index in [1.807, 2.05) is 6.08 Å². The summed E-state index contributed by atoms with van der Waals surface area (Å²) < 4.78 is 22.1. The van der Waals surface area contributed by atoms with Crippen LogP contribution in [0.15, 0.2) is 24.3 Å². The van der Waals surface area contributed by atoms with Gasteiger partial charge in [-0.1, -0.05) is 205 Å². The van der Waals surface area contributed by atoms with Gasteiger partial charge in [-0.3, -0.25) is 13.8 Å². The highest BCUT2D eigenvalue weighted by atomic mass is 31.2. The lowest BCUT2D eigenvalue weighted by Gasteiger charge is -2.23. The average Bonchev–Trinajstić information content (AvgIpc) is 3.14. The Labute approximate surface area is 327 Å². The number of rotatable bonds is 42. The number of hydrogen-bond donors (Lipinski definition) is 4. The topological polar surface area (TPSA) is 131 Å². The zero-order chi connectivity index (χ0) is 38.9. The molecule has 0 spiro atoms. The number of aliphatic hydroxyl groups is 1. The van der Waals surface area contributed by atoms with Crippen LogP contribution in [-0.4, -0.2) is 47.8 Å². The molecule has 0 aliphatic heterocycles. The molecule has 0 saturated carbocycles. The second-order valence-electron chi connectivity index (χ2n) is 15.3. The second kappa shape index (κ2) is 40.6. The summed E-state index contributed by atoms with van der Waals surface area (Å²) in [5.74, 6) is -0.201. The summed E-state index contributed by atoms with van der Waals surface area (Å²) in [5, 5.41) is 13.7. The van der Waals surface area contributed by atoms with Crippen LogP contribution >= 0.6 is 7.82 Å². The Morgan fingerprint density at radius 1 is 0.604 bits per heavy atom. The second-order valence-corrected chi connectivity index (χ2v) is 16.7. The first-order valence-corrected chi connectivity index (χ1v) is 24.0. The Kier molecular flexibility index (Phi) is 39.9. The molecule has 0 bridgehead atoms. The van der Waals surface area contributed by atoms with Gasteiger partial charge in [-0.05, 0) is 32.1 Å². The Morgan fingerprint density at radius 3 is 1.45 bits per heavy atom. The lowest BCUT2D eigenvalue weighted by atomic mass is 10.0. The van der Waals surface area contributed by atoms with Crippen molar-refractivity contribution in [2.75, 3.05) is 19.8 Å². The Balaban J connectivity index is 4.23. The van der Waals surface area contributed by atoms with E-state index >= 15 is 0 Å². The molecule has 0 rings (SSSR count). The van der Waals surface area contributed by atoms with Crippen molar-refractivity contribution in [3.05, 3.63) is 24.3 Å². The largest absolute Gasteiger partial charge is 0.472 e. The molecule has 0 saturated heterocycles. The molecular weight excluding hydrogens is 683 g/mol. The van der Waals surface area contributed by atoms with Gasteiger partial charge in [0.2, 0.25) is 5.91 Å². The molecular formula is C44H87N2O6P. The first kappa shape index (κ1) is 52.0. The highest BCUT2D eigenvalue weighted by Gasteiger charge is 2.26. The Bertz CT molecular complexity index is 886. The summed E-state index contributed by atoms with van der Waals surface area (Å²) >= 11 is 0. The first-order chi connectivity index (χ1) is 25.9. The number of phosphoric acid groups is 1. The van der Waals surface area contributed by atoms with Crippen LogP contribution in [0.4, 0.5) is 0 Å². The number of nitrogens with one attached hydrogen (secondary N) is 1. The fraction of sp³-hybridized carbons (Fsp3) is 0.886. The summed E-state index contributed by atoms with van der Waals surface area (Å²) in [4.78, 5) is 22.7. The normalized spacial score (nSPS) is 14.3. The summed E-state index contributed by atoms with van der Waals surface area (Å²) in [7, 11) is -4.34. The van der Waals surface area contributed by atoms with Crippen LogP contribution in [0.3, 0.4) is 0 Å². The molecule has 0 radical (unpaired) electrons. The fourth-order valence-corrected chi connectivity index (χ4v) is 7.38. The van der Waals surface area contributed by atoms with Crippen molar-refractivity contribution in [2.24, 2.45) is 5.73 Å². The maximum absolute atomic E-state index is 12.8. The van der Waals surface area contributed by atoms with E-state index in [9.17, 15) is 19.4 Å². The number of hydrogen-bond acceptors (Lipinski definition) is 6. The van der Waals surface area contributed by atoms with Gasteiger partial charge in [-0.2, -0.15) is 0 Å². The molecule has 0 aromatic rings. The number of aliphatic hydroxyl groups excluding tert-OH is 1. The number of carbonyl (C=O) groups excluding carboxylic acids is 1. The van der Waals surface area contributed by atoms with Gasteiger partial charge < -0.3 is 21.1 Å². The van der Waals surface area contributed by atoms with Crippen molar-refractivity contribution in [1.29, 1.82) is 0 Å². The smallest absolute Gasteiger partial charge is 0.387 e. The molecule has 0 aromatic carbocycles. The fourth-order valence-electron chi connectivity index (χ4n) is 6.62. The van der Waals surface area contributed by atoms with Crippen LogP contribution in [0.1, 0.15) is 219 Å². The zero-order valence-electron chi connectivity index (χ0n) is 34.8. The molecule has 0 fully saturated rings. The molecule has 8 nitrogen and oxygen atoms in total. The van der Waals surface area contributed by atoms with E-state index in [0.29, 0.717) is 6.42 Å². The maximum Gasteiger partial charge on any atom is 0.472 e. The molecule has 0 aliphatic carbocycles. The first-order valence-electron chi connectivity index (χ1n) is 22.5. The van der Waals surface area contributed by atoms with Crippen molar-refractivity contribution in [3.8, 4) is 0 Å². The summed E-state index contributed by atoms with van der Waals surface area (Å²) in [6.45, 7) is 4.13. The SMILES string of the molecule is CCCCCCCCCCCCCC/C=C/CC/C=C/C(O)C(COP(=O)(O)OCCN)NC(=O)CCCCCCCCCCCCCCCCCC. The minimum atomic E-state index is -4.34. The van der Waals surface area contributed by atoms with Crippen LogP contribution in [0.25, 0.3) is 0 Å². The Hall–Kier alpha value is -1.02. The minimum Gasteiger partial charge on any atom is -0.387 e. The van der Waals surface area contributed by atoms with Crippen molar-refractivity contribution in [1.82, 2.24) is 5.32 Å². The monoisotopic (exact) mass is 771 g/mol. The standard InChI is InChI=1S/C44H87N2O6P/c1-3-5-7-9-11-13-15-17-19-21-22-23-25-27-29-31-33-35-37-43(47)42(41-52-53(49,50)51-40-39-45)46-44(48)38-36-34-32-30-28-26-24-20-18-16-14-12-10-8-6-4-2/h27,29,35,37,42-43,47H,3-26,28,30-34,36,38-41,45H2,1-2H3,(H,46,48)(H,49,50)/b29-27+,37-35+. The molecule has 1 amide bonds. The van der Waals surface area contributed by atoms with E-state index in [0.717, 1.165) is 38.5 Å². The molecule has 314 valence electrons. The van der Waals surface area contributed by atoms with Crippen LogP contribution in [-0.2, 0) is 18.4 Å². The lowest BCUT2D eigenvalue weighted by Crippen LogP contribution is -2.45. The molecule has 9 heteroatoms. The van der Waals surface area contributed by atoms with E-state index < -0.39 is 20.0 Å². The van der Waals surface area contributed by atoms with E-state index in [1.54, 1.807) is 6.08 Å². The number of amides is 1. The van der Waals surface area contributed by atoms with Gasteiger partial charge in [0.1, 0.15) is 0 Å². The van der Waals surface area contributed by atoms with E-state index in [-0.39, 0.29) is 25.7 Å². The molecule has 3 unspecified atom stereocenters. The molecule has 5 N–H and O–H groups in total. The Morgan fingerprint density at radius 2 is 1.00 bits per heavy atom. The third-order valence-electron chi connectivity index (χ3n) is 10.0. The van der Waals surface area contributed by atoms with E-state index in [4.69, 9.17) is 14.8 Å². The van der Waals surface area contributed by atoms with Gasteiger partial charge in [0, 0.05) is 13.0 Å². The van der Waals surface area contributed by atoms with Crippen molar-refractivity contribution in [3.63, 3.8) is 0 Å². The van der Waals surface area contributed by atoms with Crippen molar-refractivity contribution in [2.45, 2.75) is 231 Å². The quantitative estimate of drug-likeness (QED) is 0.0276. The number of unbranched alkanes of at least 4 members (excludes halogenated alkanes) is 28. The summed E-state index contributed by atoms with van der Waals surface area (Å²) in [6.07, 6.45) is 46.6. The predicted octanol–water partition coefficient (Wildman–Crippen LogP) is 12.6. The maximum atomic E-state index is 12.8. The molecule has 0 aliphatic rings. The van der Waals surface area contributed by atoms with Crippen molar-refractivity contribution < 1.29 is 28.4 Å². The van der Waals surface area contributed by atoms with Crippen LogP contribution in [0.5, 0.6) is 0 Å². The van der Waals surface area contributed by atoms with Crippen LogP contribution in [0, 0.1) is 0 Å². The molecule has 0 aromatic heterocycles. The van der Waals surface area contributed by atoms with Crippen LogP contribution < -0.4 is 11.1 Å². The van der Waals surface area contributed by atoms with Gasteiger partial charge in [-0.15, -0.1) is 0 Å². The lowest BCUT2D eigenvalue weighted by molar-refractivity contribution is -0.123. The molecule has 53 heavy (non-hydrogen) atoms. The van der Waals surface area contributed by atoms with Crippen LogP contribution in [0.2, 0.25) is 0 Å². The molecule has 3 atom stereocenters. The number of carbonyl (C=O) groups is 1. The third-order valence-corrected chi connectivity index (χ3v) is 11.0. The predicted molar refractivity (Wildman–Crippen MR) is 226 cm³/mol. The number of nitrogens with two attached hydrogens (primary N) is 1. The van der Waals surface area contributed by atoms with Gasteiger partial charge in [0.15, 0.2) is 0 Å². The van der Waals surface area contributed by atoms with Gasteiger partial charge in [0.05, 0.1) is 25.4 Å². The molecule has 0 heterocycles. The van der Waals surface area contributed by atoms with E-state index in [2.05, 4.69) is 31.3 Å². The zero-order valence-corrected chi connectivity index (χ0v) is 35.7. The highest BCUT2D eigenvalue weighted by molar-refractivity contribution is 7.47. The number of phosphoric ester groups is 1. The summed E-state index contributed by atoms with van der Waals surface area (Å²) in [5.41, 5.74) is 5.37. The van der Waals surface area contributed by atoms with E-state index in [1.165, 1.54) is 161 Å². The van der Waals surface area contributed by atoms with Crippen molar-refractivity contribution >= 4 is 13.7 Å². The summed E-state index contributed by atoms with van der Waals surface area (Å²) in [6, 6.07) is -0.872. The number of allylic oxidation sites excluding steroid dienone is 3.